The normalized spacial score (nSPS) is 33.7. The van der Waals surface area contributed by atoms with Crippen LogP contribution < -0.4 is 11.1 Å². The highest BCUT2D eigenvalue weighted by molar-refractivity contribution is 5.79. The average Bonchev–Trinajstić information content (AvgIpc) is 2.42. The van der Waals surface area contributed by atoms with Gasteiger partial charge in [0.25, 0.3) is 0 Å². The Morgan fingerprint density at radius 1 is 1.19 bits per heavy atom. The number of likely N-dealkylation sites (tertiary alicyclic amines) is 1. The molecule has 0 spiro atoms. The van der Waals surface area contributed by atoms with Crippen LogP contribution in [0.15, 0.2) is 0 Å². The Kier molecular flexibility index (Phi) is 7.03. The molecule has 2 fully saturated rings. The number of hydrogen-bond acceptors (Lipinski definition) is 6. The van der Waals surface area contributed by atoms with Crippen molar-refractivity contribution in [1.29, 1.82) is 0 Å². The molecule has 0 radical (unpaired) electrons. The molecular formula is C13H25N3O5. The summed E-state index contributed by atoms with van der Waals surface area (Å²) in [6.07, 6.45) is 1.40. The molecule has 2 saturated heterocycles. The second-order valence-electron chi connectivity index (χ2n) is 5.60. The van der Waals surface area contributed by atoms with Crippen LogP contribution in [0.3, 0.4) is 0 Å². The van der Waals surface area contributed by atoms with Crippen LogP contribution in [0.4, 0.5) is 0 Å². The minimum absolute atomic E-state index is 0.330. The summed E-state index contributed by atoms with van der Waals surface area (Å²) in [4.78, 5) is 22.9. The summed E-state index contributed by atoms with van der Waals surface area (Å²) in [5.74, 6) is -1.22. The molecule has 0 saturated carbocycles. The van der Waals surface area contributed by atoms with Crippen LogP contribution in [0.5, 0.6) is 0 Å². The van der Waals surface area contributed by atoms with E-state index in [1.165, 1.54) is 0 Å². The Hall–Kier alpha value is -1.22. The molecule has 2 aliphatic heterocycles. The number of rotatable bonds is 2. The molecule has 8 heteroatoms. The lowest BCUT2D eigenvalue weighted by molar-refractivity contribution is -0.145. The third-order valence-electron chi connectivity index (χ3n) is 3.85. The zero-order chi connectivity index (χ0) is 16.0. The molecule has 8 nitrogen and oxygen atoms in total. The van der Waals surface area contributed by atoms with E-state index in [1.54, 1.807) is 11.9 Å². The van der Waals surface area contributed by atoms with Gasteiger partial charge in [0, 0.05) is 6.54 Å². The van der Waals surface area contributed by atoms with Crippen LogP contribution in [0, 0.1) is 0 Å². The van der Waals surface area contributed by atoms with Crippen molar-refractivity contribution < 1.29 is 24.9 Å². The first kappa shape index (κ1) is 17.8. The molecule has 122 valence electrons. The summed E-state index contributed by atoms with van der Waals surface area (Å²) in [5, 5.41) is 29.8. The SMILES string of the molecule is CN1CC[C@H](O)C[C@H]1C(=O)O.NC(=O)[C@@H]1C[C@@H](O)CCN1. The van der Waals surface area contributed by atoms with E-state index < -0.39 is 18.1 Å². The van der Waals surface area contributed by atoms with Crippen LogP contribution in [-0.4, -0.2) is 76.5 Å². The number of hydrogen-bond donors (Lipinski definition) is 5. The van der Waals surface area contributed by atoms with Crippen molar-refractivity contribution in [2.24, 2.45) is 5.73 Å². The van der Waals surface area contributed by atoms with E-state index in [2.05, 4.69) is 5.32 Å². The maximum Gasteiger partial charge on any atom is 0.321 e. The highest BCUT2D eigenvalue weighted by Gasteiger charge is 2.29. The standard InChI is InChI=1S/C7H13NO3.C6H12N2O2/c1-8-3-2-5(9)4-6(8)7(10)11;7-6(10)5-3-4(9)1-2-8-5/h5-6,9H,2-4H2,1H3,(H,10,11);4-5,8-9H,1-3H2,(H2,7,10)/t5-,6-;4-,5-/m00/s1. The number of carbonyl (C=O) groups is 2. The fraction of sp³-hybridized carbons (Fsp3) is 0.846. The first-order valence-corrected chi connectivity index (χ1v) is 7.13. The van der Waals surface area contributed by atoms with Gasteiger partial charge < -0.3 is 26.4 Å². The van der Waals surface area contributed by atoms with Gasteiger partial charge in [-0.1, -0.05) is 0 Å². The van der Waals surface area contributed by atoms with Crippen LogP contribution >= 0.6 is 0 Å². The summed E-state index contributed by atoms with van der Waals surface area (Å²) >= 11 is 0. The number of aliphatic carboxylic acids is 1. The molecular weight excluding hydrogens is 278 g/mol. The number of amides is 1. The summed E-state index contributed by atoms with van der Waals surface area (Å²) < 4.78 is 0. The number of nitrogens with zero attached hydrogens (tertiary/aromatic N) is 1. The predicted octanol–water partition coefficient (Wildman–Crippen LogP) is -1.89. The average molecular weight is 303 g/mol. The van der Waals surface area contributed by atoms with Crippen LogP contribution in [-0.2, 0) is 9.59 Å². The third kappa shape index (κ3) is 5.96. The molecule has 0 aliphatic carbocycles. The number of carbonyl (C=O) groups excluding carboxylic acids is 1. The van der Waals surface area contributed by atoms with Gasteiger partial charge in [-0.05, 0) is 39.3 Å². The highest BCUT2D eigenvalue weighted by atomic mass is 16.4. The number of carboxylic acids is 1. The number of aliphatic hydroxyl groups excluding tert-OH is 2. The molecule has 0 bridgehead atoms. The summed E-state index contributed by atoms with van der Waals surface area (Å²) in [5.41, 5.74) is 5.02. The number of piperidine rings is 2. The summed E-state index contributed by atoms with van der Waals surface area (Å²) in [7, 11) is 1.77. The highest BCUT2D eigenvalue weighted by Crippen LogP contribution is 2.15. The lowest BCUT2D eigenvalue weighted by Crippen LogP contribution is -2.48. The molecule has 0 aromatic heterocycles. The molecule has 0 unspecified atom stereocenters. The van der Waals surface area contributed by atoms with Gasteiger partial charge in [-0.15, -0.1) is 0 Å². The first-order valence-electron chi connectivity index (χ1n) is 7.13. The Morgan fingerprint density at radius 3 is 2.24 bits per heavy atom. The van der Waals surface area contributed by atoms with Gasteiger partial charge in [0.1, 0.15) is 6.04 Å². The van der Waals surface area contributed by atoms with E-state index in [-0.39, 0.29) is 18.1 Å². The molecule has 0 aromatic rings. The van der Waals surface area contributed by atoms with E-state index in [0.717, 1.165) is 0 Å². The van der Waals surface area contributed by atoms with E-state index in [0.29, 0.717) is 38.8 Å². The number of primary amides is 1. The zero-order valence-corrected chi connectivity index (χ0v) is 12.2. The topological polar surface area (TPSA) is 136 Å². The molecule has 2 heterocycles. The van der Waals surface area contributed by atoms with Gasteiger partial charge in [-0.3, -0.25) is 14.5 Å². The third-order valence-corrected chi connectivity index (χ3v) is 3.85. The van der Waals surface area contributed by atoms with E-state index in [9.17, 15) is 9.59 Å². The first-order chi connectivity index (χ1) is 9.81. The number of carboxylic acid groups (broad SMARTS) is 1. The molecule has 4 atom stereocenters. The van der Waals surface area contributed by atoms with Gasteiger partial charge >= 0.3 is 5.97 Å². The fourth-order valence-electron chi connectivity index (χ4n) is 2.47. The van der Waals surface area contributed by atoms with Crippen molar-refractivity contribution in [1.82, 2.24) is 10.2 Å². The van der Waals surface area contributed by atoms with Crippen molar-refractivity contribution in [3.05, 3.63) is 0 Å². The monoisotopic (exact) mass is 303 g/mol. The fourth-order valence-corrected chi connectivity index (χ4v) is 2.47. The molecule has 2 aliphatic rings. The van der Waals surface area contributed by atoms with E-state index in [1.807, 2.05) is 0 Å². The van der Waals surface area contributed by atoms with Crippen LogP contribution in [0.25, 0.3) is 0 Å². The Bertz CT molecular complexity index is 366. The summed E-state index contributed by atoms with van der Waals surface area (Å²) in [6.45, 7) is 1.34. The van der Waals surface area contributed by atoms with Gasteiger partial charge in [0.05, 0.1) is 18.2 Å². The van der Waals surface area contributed by atoms with Crippen molar-refractivity contribution in [2.75, 3.05) is 20.1 Å². The van der Waals surface area contributed by atoms with Gasteiger partial charge in [-0.25, -0.2) is 0 Å². The lowest BCUT2D eigenvalue weighted by atomic mass is 10.0. The van der Waals surface area contributed by atoms with Crippen molar-refractivity contribution in [3.63, 3.8) is 0 Å². The van der Waals surface area contributed by atoms with E-state index >= 15 is 0 Å². The minimum atomic E-state index is -0.841. The number of nitrogens with two attached hydrogens (primary N) is 1. The lowest BCUT2D eigenvalue weighted by Gasteiger charge is -2.31. The van der Waals surface area contributed by atoms with Crippen molar-refractivity contribution in [2.45, 2.75) is 50.0 Å². The molecule has 21 heavy (non-hydrogen) atoms. The second-order valence-corrected chi connectivity index (χ2v) is 5.60. The predicted molar refractivity (Wildman–Crippen MR) is 75.5 cm³/mol. The largest absolute Gasteiger partial charge is 0.480 e. The number of aliphatic hydroxyl groups is 2. The van der Waals surface area contributed by atoms with Gasteiger partial charge in [-0.2, -0.15) is 0 Å². The van der Waals surface area contributed by atoms with Gasteiger partial charge in [0.2, 0.25) is 5.91 Å². The maximum absolute atomic E-state index is 10.6. The Balaban J connectivity index is 0.000000211. The Labute approximate surface area is 123 Å². The number of likely N-dealkylation sites (N-methyl/N-ethyl adjacent to an activating group) is 1. The van der Waals surface area contributed by atoms with Crippen molar-refractivity contribution in [3.8, 4) is 0 Å². The molecule has 0 aromatic carbocycles. The number of nitrogens with one attached hydrogen (secondary N) is 1. The smallest absolute Gasteiger partial charge is 0.321 e. The Morgan fingerprint density at radius 2 is 1.81 bits per heavy atom. The molecule has 6 N–H and O–H groups in total. The van der Waals surface area contributed by atoms with Crippen LogP contribution in [0.1, 0.15) is 25.7 Å². The minimum Gasteiger partial charge on any atom is -0.480 e. The van der Waals surface area contributed by atoms with Crippen LogP contribution in [0.2, 0.25) is 0 Å². The summed E-state index contributed by atoms with van der Waals surface area (Å²) in [6, 6.07) is -0.831. The van der Waals surface area contributed by atoms with E-state index in [4.69, 9.17) is 21.1 Å². The second kappa shape index (κ2) is 8.28. The molecule has 1 amide bonds. The molecule has 2 rings (SSSR count). The maximum atomic E-state index is 10.6. The zero-order valence-electron chi connectivity index (χ0n) is 12.2. The van der Waals surface area contributed by atoms with Crippen molar-refractivity contribution >= 4 is 11.9 Å². The van der Waals surface area contributed by atoms with Gasteiger partial charge in [0.15, 0.2) is 0 Å². The quantitative estimate of drug-likeness (QED) is 0.402.